The number of aryl methyl sites for hydroxylation is 1. The predicted molar refractivity (Wildman–Crippen MR) is 173 cm³/mol. The molecule has 1 unspecified atom stereocenters. The fraction of sp³-hybridized carbons (Fsp3) is 0.316. The van der Waals surface area contributed by atoms with Gasteiger partial charge in [0.2, 0.25) is 0 Å². The molecule has 4 heteroatoms. The van der Waals surface area contributed by atoms with Crippen molar-refractivity contribution in [3.05, 3.63) is 111 Å². The van der Waals surface area contributed by atoms with Crippen LogP contribution in [0.5, 0.6) is 0 Å². The molecule has 0 radical (unpaired) electrons. The van der Waals surface area contributed by atoms with Gasteiger partial charge in [0.1, 0.15) is 0 Å². The molecule has 0 saturated carbocycles. The summed E-state index contributed by atoms with van der Waals surface area (Å²) in [5.74, 6) is 0. The summed E-state index contributed by atoms with van der Waals surface area (Å²) in [4.78, 5) is 0. The van der Waals surface area contributed by atoms with Crippen molar-refractivity contribution in [1.82, 2.24) is 0 Å². The van der Waals surface area contributed by atoms with Crippen molar-refractivity contribution in [1.29, 1.82) is 0 Å². The first-order valence-corrected chi connectivity index (χ1v) is 18.0. The first-order valence-electron chi connectivity index (χ1n) is 14.8. The van der Waals surface area contributed by atoms with Gasteiger partial charge in [-0.1, -0.05) is 90.5 Å². The summed E-state index contributed by atoms with van der Waals surface area (Å²) in [6.45, 7) is 17.3. The van der Waals surface area contributed by atoms with Crippen molar-refractivity contribution in [3.8, 4) is 11.1 Å². The summed E-state index contributed by atoms with van der Waals surface area (Å²) < 4.78 is 0. The zero-order valence-corrected chi connectivity index (χ0v) is 30.9. The molecular weight excluding hydrogens is 647 g/mol. The predicted octanol–water partition coefficient (Wildman–Crippen LogP) is 4.96. The molecule has 214 valence electrons. The van der Waals surface area contributed by atoms with Gasteiger partial charge in [-0.25, -0.2) is 0 Å². The minimum absolute atomic E-state index is 0. The Kier molecular flexibility index (Phi) is 9.49. The third-order valence-corrected chi connectivity index (χ3v) is 15.3. The van der Waals surface area contributed by atoms with Crippen molar-refractivity contribution in [3.63, 3.8) is 0 Å². The van der Waals surface area contributed by atoms with Crippen LogP contribution in [0.1, 0.15) is 68.8 Å². The molecular formula is C38H40Cl2SiZr. The molecule has 0 amide bonds. The number of allylic oxidation sites excluding steroid dienone is 5. The third kappa shape index (κ3) is 4.72. The van der Waals surface area contributed by atoms with Gasteiger partial charge in [-0.3, -0.25) is 0 Å². The van der Waals surface area contributed by atoms with Crippen LogP contribution in [0.4, 0.5) is 0 Å². The fourth-order valence-electron chi connectivity index (χ4n) is 8.92. The molecule has 0 N–H and O–H groups in total. The average Bonchev–Trinajstić information content (AvgIpc) is 3.57. The van der Waals surface area contributed by atoms with Crippen LogP contribution in [-0.2, 0) is 39.0 Å². The molecule has 0 nitrogen and oxygen atoms in total. The van der Waals surface area contributed by atoms with Gasteiger partial charge >= 0.3 is 26.2 Å². The first kappa shape index (κ1) is 33.2. The van der Waals surface area contributed by atoms with Gasteiger partial charge in [0.25, 0.3) is 0 Å². The van der Waals surface area contributed by atoms with Crippen LogP contribution in [0, 0.1) is 0 Å². The third-order valence-electron chi connectivity index (χ3n) is 10.7. The van der Waals surface area contributed by atoms with Gasteiger partial charge in [-0.15, -0.1) is 0 Å². The number of halogens is 2. The molecule has 4 aromatic rings. The van der Waals surface area contributed by atoms with E-state index in [1.165, 1.54) is 68.6 Å². The van der Waals surface area contributed by atoms with Crippen molar-refractivity contribution in [2.75, 3.05) is 0 Å². The maximum atomic E-state index is 2.67. The zero-order chi connectivity index (χ0) is 27.2. The molecule has 3 aliphatic rings. The first-order chi connectivity index (χ1) is 18.7. The second-order valence-electron chi connectivity index (χ2n) is 13.1. The van der Waals surface area contributed by atoms with Crippen LogP contribution >= 0.6 is 0 Å². The number of hydrogen-bond acceptors (Lipinski definition) is 0. The van der Waals surface area contributed by atoms with Crippen LogP contribution < -0.4 is 24.8 Å². The summed E-state index contributed by atoms with van der Waals surface area (Å²) in [5.41, 5.74) is 18.4. The summed E-state index contributed by atoms with van der Waals surface area (Å²) in [6, 6.07) is 23.2. The van der Waals surface area contributed by atoms with Crippen LogP contribution in [-0.4, -0.2) is 8.07 Å². The summed E-state index contributed by atoms with van der Waals surface area (Å²) in [6.07, 6.45) is 6.28. The Morgan fingerprint density at radius 1 is 0.667 bits per heavy atom. The largest absolute Gasteiger partial charge is 2.00 e. The zero-order valence-electron chi connectivity index (χ0n) is 25.9. The van der Waals surface area contributed by atoms with Crippen LogP contribution in [0.3, 0.4) is 0 Å². The van der Waals surface area contributed by atoms with Crippen molar-refractivity contribution < 1.29 is 51.0 Å². The number of rotatable bonds is 3. The quantitative estimate of drug-likeness (QED) is 0.211. The molecule has 0 aromatic heterocycles. The van der Waals surface area contributed by atoms with Gasteiger partial charge in [0.05, 0.1) is 8.07 Å². The topological polar surface area (TPSA) is 0 Å². The molecule has 0 saturated heterocycles. The second-order valence-corrected chi connectivity index (χ2v) is 17.9. The fourth-order valence-corrected chi connectivity index (χ4v) is 14.2. The van der Waals surface area contributed by atoms with E-state index in [1.807, 2.05) is 0 Å². The molecule has 0 spiro atoms. The molecule has 3 aliphatic carbocycles. The van der Waals surface area contributed by atoms with Crippen molar-refractivity contribution in [2.24, 2.45) is 0 Å². The van der Waals surface area contributed by atoms with Crippen LogP contribution in [0.2, 0.25) is 18.6 Å². The minimum Gasteiger partial charge on any atom is -1.00 e. The van der Waals surface area contributed by atoms with E-state index in [0.717, 1.165) is 0 Å². The van der Waals surface area contributed by atoms with Crippen molar-refractivity contribution >= 4 is 35.7 Å². The Balaban J connectivity index is 0.00000135. The second kappa shape index (κ2) is 12.0. The Hall–Kier alpha value is -1.70. The Morgan fingerprint density at radius 2 is 1.21 bits per heavy atom. The number of hydrogen-bond donors (Lipinski definition) is 0. The molecule has 0 bridgehead atoms. The maximum absolute atomic E-state index is 2.67. The van der Waals surface area contributed by atoms with Gasteiger partial charge in [0, 0.05) is 5.54 Å². The van der Waals surface area contributed by atoms with E-state index < -0.39 is 8.07 Å². The minimum atomic E-state index is -1.81. The molecule has 0 heterocycles. The van der Waals surface area contributed by atoms with E-state index in [1.54, 1.807) is 33.4 Å². The summed E-state index contributed by atoms with van der Waals surface area (Å²) in [7, 11) is -1.81. The normalized spacial score (nSPS) is 18.1. The molecule has 1 atom stereocenters. The molecule has 0 fully saturated rings. The van der Waals surface area contributed by atoms with Gasteiger partial charge in [-0.05, 0) is 132 Å². The van der Waals surface area contributed by atoms with E-state index in [2.05, 4.69) is 114 Å². The SMILES string of the molecule is CC1=Cc2c(cc3c(c2-c2c4ccccc4cc4ccccc24)CCC3)C1[Si](C)(C)C1C(C)=C(C)C(C)=C1C.[Cl-].[Cl-].[Zr+2]. The van der Waals surface area contributed by atoms with E-state index in [9.17, 15) is 0 Å². The molecule has 0 aliphatic heterocycles. The van der Waals surface area contributed by atoms with Gasteiger partial charge < -0.3 is 24.8 Å². The number of benzene rings is 4. The monoisotopic (exact) mass is 684 g/mol. The van der Waals surface area contributed by atoms with Crippen molar-refractivity contribution in [2.45, 2.75) is 78.1 Å². The summed E-state index contributed by atoms with van der Waals surface area (Å²) >= 11 is 0. The van der Waals surface area contributed by atoms with E-state index in [4.69, 9.17) is 0 Å². The van der Waals surface area contributed by atoms with Gasteiger partial charge in [0.15, 0.2) is 0 Å². The Bertz CT molecular complexity index is 1750. The van der Waals surface area contributed by atoms with E-state index in [-0.39, 0.29) is 51.0 Å². The Labute approximate surface area is 284 Å². The van der Waals surface area contributed by atoms with Crippen LogP contribution in [0.15, 0.2) is 88.5 Å². The number of fused-ring (bicyclic) bond motifs is 4. The molecule has 4 aromatic carbocycles. The standard InChI is InChI=1S/C38H40Si.2ClH.Zr/c1-22-19-33-34(37(22)39(6,7)38-25(4)23(2)24(3)26(38)5)21-29-15-12-18-32(29)36(33)35-30-16-10-8-13-27(30)20-28-14-9-11-17-31(28)35;;;/h8-11,13-14,16-17,19-21,37-38H,12,15,18H2,1-7H3;2*1H;/q;;;+2/p-2. The smallest absolute Gasteiger partial charge is 1.00 e. The van der Waals surface area contributed by atoms with E-state index in [0.29, 0.717) is 11.1 Å². The van der Waals surface area contributed by atoms with E-state index >= 15 is 0 Å². The average molecular weight is 687 g/mol. The Morgan fingerprint density at radius 3 is 1.79 bits per heavy atom. The molecule has 42 heavy (non-hydrogen) atoms. The molecule has 7 rings (SSSR count). The maximum Gasteiger partial charge on any atom is 2.00 e. The van der Waals surface area contributed by atoms with Gasteiger partial charge in [-0.2, -0.15) is 0 Å². The summed E-state index contributed by atoms with van der Waals surface area (Å²) in [5, 5.41) is 5.48. The van der Waals surface area contributed by atoms with Crippen LogP contribution in [0.25, 0.3) is 38.7 Å².